The van der Waals surface area contributed by atoms with Gasteiger partial charge in [0.25, 0.3) is 5.91 Å². The zero-order valence-corrected chi connectivity index (χ0v) is 11.3. The Labute approximate surface area is 108 Å². The summed E-state index contributed by atoms with van der Waals surface area (Å²) in [6.45, 7) is 4.34. The van der Waals surface area contributed by atoms with Gasteiger partial charge in [-0.25, -0.2) is 8.42 Å². The van der Waals surface area contributed by atoms with Crippen molar-refractivity contribution in [3.05, 3.63) is 36.8 Å². The van der Waals surface area contributed by atoms with Crippen LogP contribution in [-0.4, -0.2) is 27.1 Å². The van der Waals surface area contributed by atoms with E-state index in [-0.39, 0.29) is 10.8 Å². The van der Waals surface area contributed by atoms with Crippen LogP contribution >= 0.6 is 0 Å². The molecule has 1 amide bonds. The van der Waals surface area contributed by atoms with Crippen LogP contribution in [0.15, 0.2) is 29.2 Å². The van der Waals surface area contributed by atoms with Gasteiger partial charge in [0.2, 0.25) is 0 Å². The molecule has 0 heterocycles. The first kappa shape index (κ1) is 14.7. The summed E-state index contributed by atoms with van der Waals surface area (Å²) in [6, 6.07) is 5.93. The van der Waals surface area contributed by atoms with Gasteiger partial charge in [-0.15, -0.1) is 0 Å². The van der Waals surface area contributed by atoms with E-state index in [4.69, 9.17) is 0 Å². The molecule has 4 nitrogen and oxygen atoms in total. The number of carbonyl (C=O) groups excluding carboxylic acids is 1. The standard InChI is InChI=1S/C13H18NO3S/c1-3-4-5-10-14-13(15)11-6-8-12(9-7-11)18(2,16)17/h6-9H,1,3-5,10H2,2H3,(H,14,15). The van der Waals surface area contributed by atoms with Gasteiger partial charge in [0, 0.05) is 18.4 Å². The Morgan fingerprint density at radius 3 is 2.33 bits per heavy atom. The fraction of sp³-hybridized carbons (Fsp3) is 0.385. The molecule has 0 atom stereocenters. The summed E-state index contributed by atoms with van der Waals surface area (Å²) in [5, 5.41) is 2.78. The highest BCUT2D eigenvalue weighted by Crippen LogP contribution is 2.10. The summed E-state index contributed by atoms with van der Waals surface area (Å²) in [5.74, 6) is -0.181. The zero-order valence-electron chi connectivity index (χ0n) is 10.5. The normalized spacial score (nSPS) is 11.2. The van der Waals surface area contributed by atoms with Crippen molar-refractivity contribution in [1.82, 2.24) is 5.32 Å². The molecule has 1 radical (unpaired) electrons. The first-order valence-electron chi connectivity index (χ1n) is 5.82. The Kier molecular flexibility index (Phi) is 5.34. The number of benzene rings is 1. The molecule has 1 rings (SSSR count). The molecule has 0 unspecified atom stereocenters. The molecule has 0 aromatic heterocycles. The summed E-state index contributed by atoms with van der Waals surface area (Å²) in [7, 11) is -3.21. The van der Waals surface area contributed by atoms with Crippen molar-refractivity contribution >= 4 is 15.7 Å². The van der Waals surface area contributed by atoms with Crippen molar-refractivity contribution in [1.29, 1.82) is 0 Å². The Hall–Kier alpha value is -1.36. The number of unbranched alkanes of at least 4 members (excludes halogenated alkanes) is 2. The van der Waals surface area contributed by atoms with Crippen LogP contribution < -0.4 is 5.32 Å². The molecule has 1 aromatic carbocycles. The van der Waals surface area contributed by atoms with E-state index < -0.39 is 9.84 Å². The van der Waals surface area contributed by atoms with Crippen LogP contribution in [0.5, 0.6) is 0 Å². The van der Waals surface area contributed by atoms with E-state index in [1.165, 1.54) is 24.3 Å². The lowest BCUT2D eigenvalue weighted by molar-refractivity contribution is 0.0953. The predicted molar refractivity (Wildman–Crippen MR) is 71.1 cm³/mol. The van der Waals surface area contributed by atoms with Crippen molar-refractivity contribution < 1.29 is 13.2 Å². The molecule has 0 aliphatic heterocycles. The first-order chi connectivity index (χ1) is 8.45. The van der Waals surface area contributed by atoms with Crippen molar-refractivity contribution in [3.8, 4) is 0 Å². The largest absolute Gasteiger partial charge is 0.352 e. The van der Waals surface area contributed by atoms with Crippen LogP contribution in [0, 0.1) is 6.92 Å². The number of carbonyl (C=O) groups is 1. The van der Waals surface area contributed by atoms with Crippen LogP contribution in [0.3, 0.4) is 0 Å². The second-order valence-electron chi connectivity index (χ2n) is 4.11. The van der Waals surface area contributed by atoms with Crippen LogP contribution in [0.4, 0.5) is 0 Å². The SMILES string of the molecule is [CH2]CCCCNC(=O)c1ccc(S(C)(=O)=O)cc1. The second-order valence-corrected chi connectivity index (χ2v) is 6.13. The minimum Gasteiger partial charge on any atom is -0.352 e. The highest BCUT2D eigenvalue weighted by Gasteiger charge is 2.09. The molecule has 0 aliphatic carbocycles. The third kappa shape index (κ3) is 4.49. The van der Waals surface area contributed by atoms with Crippen LogP contribution in [0.1, 0.15) is 29.6 Å². The maximum absolute atomic E-state index is 11.7. The monoisotopic (exact) mass is 268 g/mol. The third-order valence-electron chi connectivity index (χ3n) is 2.51. The number of hydrogen-bond acceptors (Lipinski definition) is 3. The van der Waals surface area contributed by atoms with E-state index in [0.29, 0.717) is 12.1 Å². The summed E-state index contributed by atoms with van der Waals surface area (Å²) < 4.78 is 22.5. The molecule has 0 aliphatic rings. The second kappa shape index (κ2) is 6.54. The third-order valence-corrected chi connectivity index (χ3v) is 3.64. The van der Waals surface area contributed by atoms with Gasteiger partial charge in [-0.1, -0.05) is 19.8 Å². The van der Waals surface area contributed by atoms with Gasteiger partial charge in [0.1, 0.15) is 0 Å². The first-order valence-corrected chi connectivity index (χ1v) is 7.72. The van der Waals surface area contributed by atoms with Crippen molar-refractivity contribution in [2.24, 2.45) is 0 Å². The van der Waals surface area contributed by atoms with E-state index in [1.807, 2.05) is 0 Å². The highest BCUT2D eigenvalue weighted by atomic mass is 32.2. The fourth-order valence-electron chi connectivity index (χ4n) is 1.46. The van der Waals surface area contributed by atoms with Gasteiger partial charge >= 0.3 is 0 Å². The lowest BCUT2D eigenvalue weighted by Gasteiger charge is -2.05. The molecule has 99 valence electrons. The molecule has 5 heteroatoms. The van der Waals surface area contributed by atoms with Gasteiger partial charge in [-0.3, -0.25) is 4.79 Å². The number of nitrogens with one attached hydrogen (secondary N) is 1. The van der Waals surface area contributed by atoms with Gasteiger partial charge in [0.15, 0.2) is 9.84 Å². The lowest BCUT2D eigenvalue weighted by atomic mass is 10.2. The van der Waals surface area contributed by atoms with Gasteiger partial charge in [0.05, 0.1) is 4.90 Å². The Morgan fingerprint density at radius 2 is 1.83 bits per heavy atom. The molecule has 0 fully saturated rings. The summed E-state index contributed by atoms with van der Waals surface area (Å²) in [4.78, 5) is 11.9. The minimum absolute atomic E-state index is 0.181. The van der Waals surface area contributed by atoms with E-state index in [0.717, 1.165) is 25.5 Å². The number of sulfone groups is 1. The Morgan fingerprint density at radius 1 is 1.22 bits per heavy atom. The van der Waals surface area contributed by atoms with E-state index in [9.17, 15) is 13.2 Å². The summed E-state index contributed by atoms with van der Waals surface area (Å²) in [6.07, 6.45) is 3.88. The number of amides is 1. The quantitative estimate of drug-likeness (QED) is 0.800. The topological polar surface area (TPSA) is 63.2 Å². The molecule has 0 bridgehead atoms. The van der Waals surface area contributed by atoms with Crippen molar-refractivity contribution in [2.75, 3.05) is 12.8 Å². The molecule has 18 heavy (non-hydrogen) atoms. The molecular formula is C13H18NO3S. The van der Waals surface area contributed by atoms with E-state index in [2.05, 4.69) is 12.2 Å². The highest BCUT2D eigenvalue weighted by molar-refractivity contribution is 7.90. The minimum atomic E-state index is -3.21. The van der Waals surface area contributed by atoms with Gasteiger partial charge < -0.3 is 5.32 Å². The van der Waals surface area contributed by atoms with Crippen LogP contribution in [-0.2, 0) is 9.84 Å². The molecule has 0 spiro atoms. The molecule has 0 saturated carbocycles. The Balaban J connectivity index is 2.60. The lowest BCUT2D eigenvalue weighted by Crippen LogP contribution is -2.24. The average Bonchev–Trinajstić information content (AvgIpc) is 2.33. The molecular weight excluding hydrogens is 250 g/mol. The fourth-order valence-corrected chi connectivity index (χ4v) is 2.09. The summed E-state index contributed by atoms with van der Waals surface area (Å²) >= 11 is 0. The van der Waals surface area contributed by atoms with Gasteiger partial charge in [-0.2, -0.15) is 0 Å². The van der Waals surface area contributed by atoms with Crippen molar-refractivity contribution in [2.45, 2.75) is 24.2 Å². The molecule has 1 N–H and O–H groups in total. The maximum atomic E-state index is 11.7. The maximum Gasteiger partial charge on any atom is 0.251 e. The van der Waals surface area contributed by atoms with E-state index >= 15 is 0 Å². The van der Waals surface area contributed by atoms with Crippen LogP contribution in [0.25, 0.3) is 0 Å². The zero-order chi connectivity index (χ0) is 13.6. The Bertz CT molecular complexity index is 491. The predicted octanol–water partition coefficient (Wildman–Crippen LogP) is 1.82. The van der Waals surface area contributed by atoms with Crippen LogP contribution in [0.2, 0.25) is 0 Å². The van der Waals surface area contributed by atoms with Crippen molar-refractivity contribution in [3.63, 3.8) is 0 Å². The number of rotatable bonds is 6. The molecule has 0 saturated heterocycles. The average molecular weight is 268 g/mol. The number of hydrogen-bond donors (Lipinski definition) is 1. The summed E-state index contributed by atoms with van der Waals surface area (Å²) in [5.41, 5.74) is 0.469. The molecule has 1 aromatic rings. The van der Waals surface area contributed by atoms with E-state index in [1.54, 1.807) is 0 Å². The van der Waals surface area contributed by atoms with Gasteiger partial charge in [-0.05, 0) is 30.7 Å². The smallest absolute Gasteiger partial charge is 0.251 e.